The zero-order chi connectivity index (χ0) is 12.3. The van der Waals surface area contributed by atoms with Gasteiger partial charge in [0.25, 0.3) is 0 Å². The predicted octanol–water partition coefficient (Wildman–Crippen LogP) is 2.96. The van der Waals surface area contributed by atoms with E-state index >= 15 is 0 Å². The lowest BCUT2D eigenvalue weighted by molar-refractivity contribution is 0.367. The molecule has 1 aromatic heterocycles. The third kappa shape index (κ3) is 2.89. The van der Waals surface area contributed by atoms with Gasteiger partial charge < -0.3 is 5.32 Å². The van der Waals surface area contributed by atoms with Gasteiger partial charge in [0.05, 0.1) is 5.69 Å². The third-order valence-electron chi connectivity index (χ3n) is 3.87. The molecule has 1 atom stereocenters. The molecule has 1 heterocycles. The highest BCUT2D eigenvalue weighted by Gasteiger charge is 2.27. The van der Waals surface area contributed by atoms with E-state index in [2.05, 4.69) is 30.5 Å². The maximum atomic E-state index is 4.49. The summed E-state index contributed by atoms with van der Waals surface area (Å²) < 4.78 is 1.94. The molecular formula is C14H25N3. The number of aromatic nitrogens is 2. The Bertz CT molecular complexity index is 350. The molecule has 17 heavy (non-hydrogen) atoms. The minimum atomic E-state index is 0.520. The van der Waals surface area contributed by atoms with Crippen LogP contribution < -0.4 is 5.32 Å². The second-order valence-electron chi connectivity index (χ2n) is 5.32. The number of aryl methyl sites for hydroxylation is 2. The van der Waals surface area contributed by atoms with Gasteiger partial charge in [-0.15, -0.1) is 0 Å². The monoisotopic (exact) mass is 235 g/mol. The molecular weight excluding hydrogens is 210 g/mol. The fourth-order valence-corrected chi connectivity index (χ4v) is 3.04. The summed E-state index contributed by atoms with van der Waals surface area (Å²) in [5, 5.41) is 8.22. The van der Waals surface area contributed by atoms with Crippen molar-refractivity contribution in [2.75, 3.05) is 6.54 Å². The molecule has 1 fully saturated rings. The van der Waals surface area contributed by atoms with Crippen molar-refractivity contribution < 1.29 is 0 Å². The van der Waals surface area contributed by atoms with Gasteiger partial charge in [0.15, 0.2) is 0 Å². The Morgan fingerprint density at radius 2 is 2.18 bits per heavy atom. The molecule has 2 rings (SSSR count). The van der Waals surface area contributed by atoms with Gasteiger partial charge in [0, 0.05) is 24.8 Å². The van der Waals surface area contributed by atoms with Gasteiger partial charge in [0.2, 0.25) is 0 Å². The van der Waals surface area contributed by atoms with E-state index in [1.165, 1.54) is 43.4 Å². The van der Waals surface area contributed by atoms with Crippen molar-refractivity contribution in [3.63, 3.8) is 0 Å². The third-order valence-corrected chi connectivity index (χ3v) is 3.87. The number of hydrogen-bond donors (Lipinski definition) is 1. The Kier molecular flexibility index (Phi) is 4.21. The van der Waals surface area contributed by atoms with Crippen LogP contribution in [0.25, 0.3) is 0 Å². The van der Waals surface area contributed by atoms with Crippen LogP contribution in [0.1, 0.15) is 56.3 Å². The molecule has 0 amide bonds. The van der Waals surface area contributed by atoms with Crippen LogP contribution in [0.2, 0.25) is 0 Å². The highest BCUT2D eigenvalue weighted by molar-refractivity contribution is 5.21. The molecule has 0 aromatic carbocycles. The first-order valence-electron chi connectivity index (χ1n) is 6.96. The van der Waals surface area contributed by atoms with Crippen LogP contribution in [-0.2, 0) is 7.05 Å². The topological polar surface area (TPSA) is 29.9 Å². The number of rotatable bonds is 5. The molecule has 1 aliphatic rings. The quantitative estimate of drug-likeness (QED) is 0.850. The van der Waals surface area contributed by atoms with Gasteiger partial charge in [-0.1, -0.05) is 19.8 Å². The first kappa shape index (κ1) is 12.6. The molecule has 96 valence electrons. The summed E-state index contributed by atoms with van der Waals surface area (Å²) in [6, 6.07) is 0.520. The van der Waals surface area contributed by atoms with Gasteiger partial charge in [-0.3, -0.25) is 4.68 Å². The van der Waals surface area contributed by atoms with Gasteiger partial charge in [-0.25, -0.2) is 0 Å². The van der Waals surface area contributed by atoms with Crippen molar-refractivity contribution in [2.24, 2.45) is 13.0 Å². The Hall–Kier alpha value is -0.830. The van der Waals surface area contributed by atoms with E-state index in [9.17, 15) is 0 Å². The molecule has 0 spiro atoms. The summed E-state index contributed by atoms with van der Waals surface area (Å²) in [4.78, 5) is 0. The zero-order valence-electron chi connectivity index (χ0n) is 11.4. The predicted molar refractivity (Wildman–Crippen MR) is 70.9 cm³/mol. The molecule has 1 N–H and O–H groups in total. The summed E-state index contributed by atoms with van der Waals surface area (Å²) in [7, 11) is 2.02. The number of hydrogen-bond acceptors (Lipinski definition) is 2. The fraction of sp³-hybridized carbons (Fsp3) is 0.786. The van der Waals surface area contributed by atoms with Crippen molar-refractivity contribution in [1.29, 1.82) is 0 Å². The van der Waals surface area contributed by atoms with Crippen LogP contribution >= 0.6 is 0 Å². The van der Waals surface area contributed by atoms with E-state index in [0.29, 0.717) is 6.04 Å². The Morgan fingerprint density at radius 1 is 1.47 bits per heavy atom. The SMILES string of the molecule is CCCNC(c1cn(C)nc1C)C1CCCC1. The number of nitrogens with zero attached hydrogens (tertiary/aromatic N) is 2. The largest absolute Gasteiger partial charge is 0.310 e. The molecule has 3 nitrogen and oxygen atoms in total. The summed E-state index contributed by atoms with van der Waals surface area (Å²) in [5.74, 6) is 0.810. The first-order chi connectivity index (χ1) is 8.22. The molecule has 0 aliphatic heterocycles. The Labute approximate surface area is 105 Å². The summed E-state index contributed by atoms with van der Waals surface area (Å²) in [6.45, 7) is 5.47. The molecule has 0 saturated heterocycles. The standard InChI is InChI=1S/C14H25N3/c1-4-9-15-14(12-7-5-6-8-12)13-10-17(3)16-11(13)2/h10,12,14-15H,4-9H2,1-3H3. The van der Waals surface area contributed by atoms with Crippen LogP contribution in [0, 0.1) is 12.8 Å². The van der Waals surface area contributed by atoms with E-state index in [-0.39, 0.29) is 0 Å². The molecule has 1 saturated carbocycles. The smallest absolute Gasteiger partial charge is 0.0641 e. The average Bonchev–Trinajstić information content (AvgIpc) is 2.90. The Balaban J connectivity index is 2.16. The molecule has 1 unspecified atom stereocenters. The van der Waals surface area contributed by atoms with Crippen molar-refractivity contribution in [3.8, 4) is 0 Å². The Morgan fingerprint density at radius 3 is 2.71 bits per heavy atom. The molecule has 1 aliphatic carbocycles. The molecule has 0 radical (unpaired) electrons. The van der Waals surface area contributed by atoms with Crippen LogP contribution in [-0.4, -0.2) is 16.3 Å². The van der Waals surface area contributed by atoms with Gasteiger partial charge in [-0.2, -0.15) is 5.10 Å². The summed E-state index contributed by atoms with van der Waals surface area (Å²) in [6.07, 6.45) is 8.93. The number of nitrogens with one attached hydrogen (secondary N) is 1. The highest BCUT2D eigenvalue weighted by Crippen LogP contribution is 2.36. The van der Waals surface area contributed by atoms with Gasteiger partial charge >= 0.3 is 0 Å². The van der Waals surface area contributed by atoms with E-state index in [1.807, 2.05) is 11.7 Å². The summed E-state index contributed by atoms with van der Waals surface area (Å²) >= 11 is 0. The van der Waals surface area contributed by atoms with Crippen LogP contribution in [0.3, 0.4) is 0 Å². The van der Waals surface area contributed by atoms with E-state index in [0.717, 1.165) is 12.5 Å². The maximum Gasteiger partial charge on any atom is 0.0641 e. The zero-order valence-corrected chi connectivity index (χ0v) is 11.4. The van der Waals surface area contributed by atoms with Crippen molar-refractivity contribution in [2.45, 2.75) is 52.0 Å². The lowest BCUT2D eigenvalue weighted by atomic mass is 9.92. The molecule has 3 heteroatoms. The average molecular weight is 235 g/mol. The lowest BCUT2D eigenvalue weighted by Crippen LogP contribution is -2.28. The first-order valence-corrected chi connectivity index (χ1v) is 6.96. The minimum absolute atomic E-state index is 0.520. The van der Waals surface area contributed by atoms with E-state index in [4.69, 9.17) is 0 Å². The van der Waals surface area contributed by atoms with Gasteiger partial charge in [-0.05, 0) is 38.6 Å². The minimum Gasteiger partial charge on any atom is -0.310 e. The van der Waals surface area contributed by atoms with Crippen molar-refractivity contribution >= 4 is 0 Å². The second-order valence-corrected chi connectivity index (χ2v) is 5.32. The van der Waals surface area contributed by atoms with Crippen molar-refractivity contribution in [3.05, 3.63) is 17.5 Å². The molecule has 1 aromatic rings. The van der Waals surface area contributed by atoms with Gasteiger partial charge in [0.1, 0.15) is 0 Å². The van der Waals surface area contributed by atoms with Crippen LogP contribution in [0.4, 0.5) is 0 Å². The summed E-state index contributed by atoms with van der Waals surface area (Å²) in [5.41, 5.74) is 2.60. The second kappa shape index (κ2) is 5.67. The lowest BCUT2D eigenvalue weighted by Gasteiger charge is -2.24. The van der Waals surface area contributed by atoms with Crippen LogP contribution in [0.15, 0.2) is 6.20 Å². The van der Waals surface area contributed by atoms with Crippen LogP contribution in [0.5, 0.6) is 0 Å². The van der Waals surface area contributed by atoms with E-state index in [1.54, 1.807) is 0 Å². The normalized spacial score (nSPS) is 18.8. The fourth-order valence-electron chi connectivity index (χ4n) is 3.04. The highest BCUT2D eigenvalue weighted by atomic mass is 15.3. The maximum absolute atomic E-state index is 4.49. The van der Waals surface area contributed by atoms with Crippen molar-refractivity contribution in [1.82, 2.24) is 15.1 Å². The van der Waals surface area contributed by atoms with E-state index < -0.39 is 0 Å². The molecule has 0 bridgehead atoms.